The quantitative estimate of drug-likeness (QED) is 0.827. The molecule has 4 rings (SSSR count). The molecule has 1 aromatic carbocycles. The molecule has 2 saturated carbocycles. The summed E-state index contributed by atoms with van der Waals surface area (Å²) in [6, 6.07) is 8.71. The zero-order valence-corrected chi connectivity index (χ0v) is 16.2. The van der Waals surface area contributed by atoms with Crippen molar-refractivity contribution in [3.63, 3.8) is 0 Å². The molecule has 0 atom stereocenters. The molecular formula is C23H34O3. The van der Waals surface area contributed by atoms with E-state index in [2.05, 4.69) is 31.2 Å². The highest BCUT2D eigenvalue weighted by Gasteiger charge is 2.44. The van der Waals surface area contributed by atoms with E-state index < -0.39 is 5.60 Å². The largest absolute Gasteiger partial charge is 0.385 e. The first-order valence-electron chi connectivity index (χ1n) is 10.7. The Labute approximate surface area is 158 Å². The van der Waals surface area contributed by atoms with Gasteiger partial charge < -0.3 is 14.6 Å². The second kappa shape index (κ2) is 7.61. The van der Waals surface area contributed by atoms with E-state index >= 15 is 0 Å². The fraction of sp³-hybridized carbons (Fsp3) is 0.739. The lowest BCUT2D eigenvalue weighted by Gasteiger charge is -2.43. The smallest absolute Gasteiger partial charge is 0.168 e. The Kier molecular flexibility index (Phi) is 5.41. The van der Waals surface area contributed by atoms with Gasteiger partial charge >= 0.3 is 0 Å². The van der Waals surface area contributed by atoms with Crippen LogP contribution in [0.15, 0.2) is 24.3 Å². The minimum atomic E-state index is -0.616. The summed E-state index contributed by atoms with van der Waals surface area (Å²) >= 11 is 0. The average Bonchev–Trinajstić information content (AvgIpc) is 3.12. The highest BCUT2D eigenvalue weighted by Crippen LogP contribution is 2.47. The molecule has 2 aliphatic carbocycles. The van der Waals surface area contributed by atoms with E-state index in [9.17, 15) is 5.11 Å². The highest BCUT2D eigenvalue weighted by molar-refractivity contribution is 5.27. The minimum Gasteiger partial charge on any atom is -0.385 e. The monoisotopic (exact) mass is 358 g/mol. The van der Waals surface area contributed by atoms with Crippen LogP contribution in [0.5, 0.6) is 0 Å². The molecule has 3 nitrogen and oxygen atoms in total. The van der Waals surface area contributed by atoms with Gasteiger partial charge in [-0.15, -0.1) is 0 Å². The van der Waals surface area contributed by atoms with Gasteiger partial charge in [-0.25, -0.2) is 0 Å². The molecule has 1 aliphatic heterocycles. The van der Waals surface area contributed by atoms with E-state index in [0.29, 0.717) is 0 Å². The topological polar surface area (TPSA) is 38.7 Å². The van der Waals surface area contributed by atoms with Crippen LogP contribution in [0, 0.1) is 11.8 Å². The van der Waals surface area contributed by atoms with Crippen molar-refractivity contribution in [2.24, 2.45) is 11.8 Å². The third-order valence-electron chi connectivity index (χ3n) is 7.16. The molecule has 0 radical (unpaired) electrons. The van der Waals surface area contributed by atoms with E-state index in [1.165, 1.54) is 24.8 Å². The van der Waals surface area contributed by atoms with Gasteiger partial charge in [0, 0.05) is 12.8 Å². The Hall–Kier alpha value is -0.900. The molecule has 0 unspecified atom stereocenters. The number of hydrogen-bond acceptors (Lipinski definition) is 3. The van der Waals surface area contributed by atoms with Gasteiger partial charge in [0.15, 0.2) is 5.79 Å². The van der Waals surface area contributed by atoms with Crippen molar-refractivity contribution in [2.75, 3.05) is 13.2 Å². The number of rotatable bonds is 4. The zero-order chi connectivity index (χ0) is 18.0. The van der Waals surface area contributed by atoms with Crippen molar-refractivity contribution in [3.8, 4) is 0 Å². The normalized spacial score (nSPS) is 32.2. The third-order valence-corrected chi connectivity index (χ3v) is 7.16. The van der Waals surface area contributed by atoms with E-state index in [0.717, 1.165) is 75.6 Å². The molecule has 1 aromatic rings. The predicted octanol–water partition coefficient (Wildman–Crippen LogP) is 4.95. The van der Waals surface area contributed by atoms with Gasteiger partial charge in [-0.3, -0.25) is 0 Å². The average molecular weight is 359 g/mol. The van der Waals surface area contributed by atoms with Gasteiger partial charge in [0.05, 0.1) is 18.8 Å². The van der Waals surface area contributed by atoms with Crippen LogP contribution < -0.4 is 0 Å². The summed E-state index contributed by atoms with van der Waals surface area (Å²) < 4.78 is 11.7. The summed E-state index contributed by atoms with van der Waals surface area (Å²) in [6.07, 6.45) is 10.9. The first-order valence-corrected chi connectivity index (χ1v) is 10.7. The third kappa shape index (κ3) is 3.72. The molecule has 1 N–H and O–H groups in total. The lowest BCUT2D eigenvalue weighted by Crippen LogP contribution is -2.39. The van der Waals surface area contributed by atoms with Gasteiger partial charge in [0.1, 0.15) is 0 Å². The summed E-state index contributed by atoms with van der Waals surface area (Å²) in [6.45, 7) is 3.73. The van der Waals surface area contributed by atoms with E-state index in [1.807, 2.05) is 0 Å². The molecule has 3 fully saturated rings. The van der Waals surface area contributed by atoms with E-state index in [-0.39, 0.29) is 5.79 Å². The number of aryl methyl sites for hydroxylation is 1. The molecular weight excluding hydrogens is 324 g/mol. The Morgan fingerprint density at radius 1 is 0.885 bits per heavy atom. The van der Waals surface area contributed by atoms with Gasteiger partial charge in [-0.05, 0) is 67.9 Å². The first-order chi connectivity index (χ1) is 12.6. The fourth-order valence-electron chi connectivity index (χ4n) is 5.49. The van der Waals surface area contributed by atoms with Crippen LogP contribution in [0.2, 0.25) is 0 Å². The van der Waals surface area contributed by atoms with Crippen LogP contribution in [0.4, 0.5) is 0 Å². The van der Waals surface area contributed by atoms with Gasteiger partial charge in [-0.2, -0.15) is 0 Å². The van der Waals surface area contributed by atoms with Crippen LogP contribution in [0.25, 0.3) is 0 Å². The van der Waals surface area contributed by atoms with Crippen molar-refractivity contribution in [1.29, 1.82) is 0 Å². The number of benzene rings is 1. The second-order valence-corrected chi connectivity index (χ2v) is 8.76. The minimum absolute atomic E-state index is 0.244. The Morgan fingerprint density at radius 2 is 1.42 bits per heavy atom. The molecule has 0 bridgehead atoms. The Bertz CT molecular complexity index is 570. The molecule has 0 aromatic heterocycles. The van der Waals surface area contributed by atoms with Crippen LogP contribution in [0.3, 0.4) is 0 Å². The Balaban J connectivity index is 1.32. The number of aliphatic hydroxyl groups is 1. The van der Waals surface area contributed by atoms with E-state index in [1.54, 1.807) is 0 Å². The maximum atomic E-state index is 11.2. The highest BCUT2D eigenvalue weighted by atomic mass is 16.7. The molecule has 1 spiro atoms. The maximum absolute atomic E-state index is 11.2. The van der Waals surface area contributed by atoms with Crippen molar-refractivity contribution in [2.45, 2.75) is 82.5 Å². The SMILES string of the molecule is CCCc1ccc(C2(O)CCC(C3CCC4(CC3)OCCO4)CC2)cc1. The molecule has 3 heteroatoms. The first kappa shape index (κ1) is 18.5. The van der Waals surface area contributed by atoms with Crippen molar-refractivity contribution in [1.82, 2.24) is 0 Å². The Morgan fingerprint density at radius 3 is 1.96 bits per heavy atom. The zero-order valence-electron chi connectivity index (χ0n) is 16.2. The lowest BCUT2D eigenvalue weighted by molar-refractivity contribution is -0.186. The molecule has 1 heterocycles. The standard InChI is InChI=1S/C23H34O3/c1-2-3-18-4-6-21(7-5-18)22(24)12-8-19(9-13-22)20-10-14-23(15-11-20)25-16-17-26-23/h4-7,19-20,24H,2-3,8-17H2,1H3. The van der Waals surface area contributed by atoms with Crippen LogP contribution in [-0.4, -0.2) is 24.1 Å². The van der Waals surface area contributed by atoms with Crippen LogP contribution >= 0.6 is 0 Å². The van der Waals surface area contributed by atoms with Gasteiger partial charge in [0.25, 0.3) is 0 Å². The summed E-state index contributed by atoms with van der Waals surface area (Å²) in [7, 11) is 0. The van der Waals surface area contributed by atoms with Crippen molar-refractivity contribution < 1.29 is 14.6 Å². The van der Waals surface area contributed by atoms with Crippen molar-refractivity contribution in [3.05, 3.63) is 35.4 Å². The summed E-state index contributed by atoms with van der Waals surface area (Å²) in [5.74, 6) is 1.30. The predicted molar refractivity (Wildman–Crippen MR) is 103 cm³/mol. The summed E-state index contributed by atoms with van der Waals surface area (Å²) in [4.78, 5) is 0. The van der Waals surface area contributed by atoms with Crippen LogP contribution in [-0.2, 0) is 21.5 Å². The van der Waals surface area contributed by atoms with Gasteiger partial charge in [-0.1, -0.05) is 37.6 Å². The summed E-state index contributed by atoms with van der Waals surface area (Å²) in [5.41, 5.74) is 1.88. The maximum Gasteiger partial charge on any atom is 0.168 e. The molecule has 0 amide bonds. The molecule has 144 valence electrons. The van der Waals surface area contributed by atoms with E-state index in [4.69, 9.17) is 9.47 Å². The number of hydrogen-bond donors (Lipinski definition) is 1. The number of ether oxygens (including phenoxy) is 2. The fourth-order valence-corrected chi connectivity index (χ4v) is 5.49. The molecule has 3 aliphatic rings. The summed E-state index contributed by atoms with van der Waals surface area (Å²) in [5, 5.41) is 11.2. The van der Waals surface area contributed by atoms with Crippen LogP contribution in [0.1, 0.15) is 75.8 Å². The second-order valence-electron chi connectivity index (χ2n) is 8.76. The molecule has 26 heavy (non-hydrogen) atoms. The lowest BCUT2D eigenvalue weighted by atomic mass is 9.67. The van der Waals surface area contributed by atoms with Crippen molar-refractivity contribution >= 4 is 0 Å². The molecule has 1 saturated heterocycles. The van der Waals surface area contributed by atoms with Gasteiger partial charge in [0.2, 0.25) is 0 Å².